The number of nitrogens with one attached hydrogen (secondary N) is 1. The van der Waals surface area contributed by atoms with Gasteiger partial charge in [0, 0.05) is 30.7 Å². The predicted molar refractivity (Wildman–Crippen MR) is 75.4 cm³/mol. The topological polar surface area (TPSA) is 47.3 Å². The number of fused-ring (bicyclic) bond motifs is 1. The summed E-state index contributed by atoms with van der Waals surface area (Å²) in [7, 11) is 0. The van der Waals surface area contributed by atoms with Crippen LogP contribution in [0.4, 0.5) is 5.69 Å². The monoisotopic (exact) mass is 260 g/mol. The Morgan fingerprint density at radius 1 is 1.47 bits per heavy atom. The Labute approximate surface area is 113 Å². The second-order valence-electron chi connectivity index (χ2n) is 5.20. The molecule has 0 spiro atoms. The fraction of sp³-hybridized carbons (Fsp3) is 0.533. The van der Waals surface area contributed by atoms with Gasteiger partial charge in [-0.05, 0) is 31.5 Å². The van der Waals surface area contributed by atoms with Gasteiger partial charge in [0.25, 0.3) is 0 Å². The maximum absolute atomic E-state index is 5.62. The van der Waals surface area contributed by atoms with Crippen LogP contribution >= 0.6 is 0 Å². The molecule has 3 rings (SSSR count). The second kappa shape index (κ2) is 5.21. The van der Waals surface area contributed by atoms with Gasteiger partial charge in [-0.25, -0.2) is 4.98 Å². The summed E-state index contributed by atoms with van der Waals surface area (Å²) in [6.07, 6.45) is 1.97. The van der Waals surface area contributed by atoms with Crippen LogP contribution in [-0.2, 0) is 11.2 Å². The molecular formula is C15H20N2O2. The van der Waals surface area contributed by atoms with Crippen molar-refractivity contribution < 1.29 is 9.15 Å². The third-order valence-corrected chi connectivity index (χ3v) is 3.80. The van der Waals surface area contributed by atoms with Gasteiger partial charge in [0.15, 0.2) is 11.5 Å². The molecule has 2 heterocycles. The molecule has 1 aromatic heterocycles. The average molecular weight is 260 g/mol. The molecule has 4 heteroatoms. The Morgan fingerprint density at radius 3 is 3.11 bits per heavy atom. The fourth-order valence-corrected chi connectivity index (χ4v) is 2.54. The zero-order chi connectivity index (χ0) is 13.2. The maximum atomic E-state index is 5.62. The minimum absolute atomic E-state index is 0.414. The normalized spacial score (nSPS) is 20.8. The molecule has 2 unspecified atom stereocenters. The van der Waals surface area contributed by atoms with Crippen LogP contribution in [0.1, 0.15) is 26.2 Å². The van der Waals surface area contributed by atoms with Gasteiger partial charge in [-0.1, -0.05) is 6.92 Å². The van der Waals surface area contributed by atoms with Crippen molar-refractivity contribution in [3.8, 4) is 0 Å². The number of hydrogen-bond acceptors (Lipinski definition) is 4. The molecule has 4 nitrogen and oxygen atoms in total. The zero-order valence-corrected chi connectivity index (χ0v) is 11.5. The summed E-state index contributed by atoms with van der Waals surface area (Å²) in [5.74, 6) is 1.39. The van der Waals surface area contributed by atoms with Crippen molar-refractivity contribution in [1.82, 2.24) is 4.98 Å². The number of ether oxygens (including phenoxy) is 1. The third-order valence-electron chi connectivity index (χ3n) is 3.80. The van der Waals surface area contributed by atoms with Gasteiger partial charge >= 0.3 is 0 Å². The van der Waals surface area contributed by atoms with Crippen LogP contribution in [0.5, 0.6) is 0 Å². The third kappa shape index (κ3) is 2.59. The van der Waals surface area contributed by atoms with Crippen LogP contribution in [0.3, 0.4) is 0 Å². The Kier molecular flexibility index (Phi) is 3.42. The predicted octanol–water partition coefficient (Wildman–Crippen LogP) is 3.23. The smallest absolute Gasteiger partial charge is 0.195 e. The van der Waals surface area contributed by atoms with E-state index >= 15 is 0 Å². The van der Waals surface area contributed by atoms with E-state index in [0.717, 1.165) is 48.7 Å². The molecule has 2 atom stereocenters. The van der Waals surface area contributed by atoms with E-state index in [2.05, 4.69) is 29.4 Å². The van der Waals surface area contributed by atoms with Gasteiger partial charge in [-0.2, -0.15) is 0 Å². The summed E-state index contributed by atoms with van der Waals surface area (Å²) in [5.41, 5.74) is 2.89. The Morgan fingerprint density at radius 2 is 2.37 bits per heavy atom. The van der Waals surface area contributed by atoms with E-state index in [1.165, 1.54) is 0 Å². The lowest BCUT2D eigenvalue weighted by atomic mass is 10.0. The highest BCUT2D eigenvalue weighted by Crippen LogP contribution is 2.24. The van der Waals surface area contributed by atoms with E-state index < -0.39 is 0 Å². The molecule has 0 aliphatic carbocycles. The Balaban J connectivity index is 1.76. The first-order valence-electron chi connectivity index (χ1n) is 7.00. The van der Waals surface area contributed by atoms with Gasteiger partial charge < -0.3 is 14.5 Å². The van der Waals surface area contributed by atoms with Gasteiger partial charge in [0.05, 0.1) is 6.61 Å². The van der Waals surface area contributed by atoms with Crippen molar-refractivity contribution in [3.05, 3.63) is 24.1 Å². The summed E-state index contributed by atoms with van der Waals surface area (Å²) in [5, 5.41) is 3.54. The first-order chi connectivity index (χ1) is 9.26. The lowest BCUT2D eigenvalue weighted by Gasteiger charge is -2.20. The summed E-state index contributed by atoms with van der Waals surface area (Å²) in [6.45, 7) is 6.01. The molecule has 0 radical (unpaired) electrons. The molecule has 19 heavy (non-hydrogen) atoms. The minimum Gasteiger partial charge on any atom is -0.441 e. The molecule has 0 saturated carbocycles. The van der Waals surface area contributed by atoms with Crippen molar-refractivity contribution in [1.29, 1.82) is 0 Å². The lowest BCUT2D eigenvalue weighted by molar-refractivity contribution is 0.183. The van der Waals surface area contributed by atoms with Gasteiger partial charge in [0.2, 0.25) is 0 Å². The second-order valence-corrected chi connectivity index (χ2v) is 5.20. The largest absolute Gasteiger partial charge is 0.441 e. The number of aryl methyl sites for hydroxylation is 1. The molecule has 0 bridgehead atoms. The van der Waals surface area contributed by atoms with Crippen molar-refractivity contribution in [2.24, 2.45) is 5.92 Å². The highest BCUT2D eigenvalue weighted by molar-refractivity contribution is 5.77. The molecule has 1 aliphatic heterocycles. The fourth-order valence-electron chi connectivity index (χ4n) is 2.54. The van der Waals surface area contributed by atoms with E-state index in [1.807, 2.05) is 13.0 Å². The first kappa shape index (κ1) is 12.5. The molecule has 2 aromatic rings. The highest BCUT2D eigenvalue weighted by Gasteiger charge is 2.22. The van der Waals surface area contributed by atoms with Crippen molar-refractivity contribution in [2.75, 3.05) is 18.5 Å². The molecular weight excluding hydrogens is 240 g/mol. The summed E-state index contributed by atoms with van der Waals surface area (Å²) in [4.78, 5) is 4.47. The summed E-state index contributed by atoms with van der Waals surface area (Å²) < 4.78 is 11.1. The highest BCUT2D eigenvalue weighted by atomic mass is 16.5. The molecule has 1 N–H and O–H groups in total. The number of hydrogen-bond donors (Lipinski definition) is 1. The number of oxazole rings is 1. The average Bonchev–Trinajstić information content (AvgIpc) is 3.07. The number of aromatic nitrogens is 1. The van der Waals surface area contributed by atoms with E-state index in [-0.39, 0.29) is 0 Å². The lowest BCUT2D eigenvalue weighted by Crippen LogP contribution is -2.26. The molecule has 1 aromatic carbocycles. The molecule has 0 amide bonds. The molecule has 102 valence electrons. The number of rotatable bonds is 4. The van der Waals surface area contributed by atoms with Crippen LogP contribution in [0.2, 0.25) is 0 Å². The minimum atomic E-state index is 0.414. The van der Waals surface area contributed by atoms with Gasteiger partial charge in [-0.15, -0.1) is 0 Å². The Hall–Kier alpha value is -1.55. The number of benzene rings is 1. The van der Waals surface area contributed by atoms with Gasteiger partial charge in [-0.3, -0.25) is 0 Å². The number of nitrogens with zero attached hydrogens (tertiary/aromatic N) is 1. The molecule has 1 saturated heterocycles. The SMILES string of the molecule is CCc1nc2cc(NC(C)C3CCOC3)ccc2o1. The van der Waals surface area contributed by atoms with E-state index in [9.17, 15) is 0 Å². The van der Waals surface area contributed by atoms with E-state index in [1.54, 1.807) is 0 Å². The quantitative estimate of drug-likeness (QED) is 0.916. The van der Waals surface area contributed by atoms with Crippen LogP contribution < -0.4 is 5.32 Å². The Bertz CT molecular complexity index is 558. The van der Waals surface area contributed by atoms with Crippen molar-refractivity contribution in [2.45, 2.75) is 32.7 Å². The van der Waals surface area contributed by atoms with Crippen LogP contribution in [0.15, 0.2) is 22.6 Å². The van der Waals surface area contributed by atoms with Crippen LogP contribution in [-0.4, -0.2) is 24.2 Å². The van der Waals surface area contributed by atoms with Crippen molar-refractivity contribution in [3.63, 3.8) is 0 Å². The molecule has 1 aliphatic rings. The van der Waals surface area contributed by atoms with Crippen LogP contribution in [0.25, 0.3) is 11.1 Å². The van der Waals surface area contributed by atoms with Gasteiger partial charge in [0.1, 0.15) is 5.52 Å². The van der Waals surface area contributed by atoms with E-state index in [4.69, 9.17) is 9.15 Å². The first-order valence-corrected chi connectivity index (χ1v) is 7.00. The summed E-state index contributed by atoms with van der Waals surface area (Å²) >= 11 is 0. The standard InChI is InChI=1S/C15H20N2O2/c1-3-15-17-13-8-12(4-5-14(13)19-15)16-10(2)11-6-7-18-9-11/h4-5,8,10-11,16H,3,6-7,9H2,1-2H3. The number of anilines is 1. The van der Waals surface area contributed by atoms with Crippen molar-refractivity contribution >= 4 is 16.8 Å². The summed E-state index contributed by atoms with van der Waals surface area (Å²) in [6, 6.07) is 6.52. The van der Waals surface area contributed by atoms with E-state index in [0.29, 0.717) is 12.0 Å². The van der Waals surface area contributed by atoms with Crippen LogP contribution in [0, 0.1) is 5.92 Å². The zero-order valence-electron chi connectivity index (χ0n) is 11.5. The maximum Gasteiger partial charge on any atom is 0.195 e. The molecule has 1 fully saturated rings.